The number of hydrogen-bond donors (Lipinski definition) is 0. The molecule has 0 aromatic heterocycles. The molecule has 1 aliphatic heterocycles. The average molecular weight is 400 g/mol. The van der Waals surface area contributed by atoms with E-state index in [4.69, 9.17) is 14.5 Å². The number of nitrogens with zero attached hydrogens (tertiary/aromatic N) is 2. The molecule has 5 nitrogen and oxygen atoms in total. The van der Waals surface area contributed by atoms with Crippen molar-refractivity contribution in [3.63, 3.8) is 0 Å². The first-order chi connectivity index (χ1) is 14.7. The van der Waals surface area contributed by atoms with Crippen LogP contribution < -0.4 is 4.74 Å². The van der Waals surface area contributed by atoms with Gasteiger partial charge in [0.15, 0.2) is 0 Å². The van der Waals surface area contributed by atoms with Crippen LogP contribution in [0.4, 0.5) is 5.69 Å². The summed E-state index contributed by atoms with van der Waals surface area (Å²) in [4.78, 5) is 20.2. The molecule has 0 saturated carbocycles. The highest BCUT2D eigenvalue weighted by atomic mass is 16.5. The molecule has 0 saturated heterocycles. The zero-order valence-electron chi connectivity index (χ0n) is 17.1. The predicted octanol–water partition coefficient (Wildman–Crippen LogP) is 4.64. The maximum atomic E-state index is 13.6. The Morgan fingerprint density at radius 2 is 1.53 bits per heavy atom. The van der Waals surface area contributed by atoms with Gasteiger partial charge in [0.25, 0.3) is 5.91 Å². The molecule has 1 heterocycles. The average Bonchev–Trinajstić information content (AvgIpc) is 2.90. The number of amides is 1. The molecule has 3 aromatic carbocycles. The summed E-state index contributed by atoms with van der Waals surface area (Å²) in [5, 5.41) is 0. The summed E-state index contributed by atoms with van der Waals surface area (Å²) in [5.74, 6) is 1.26. The lowest BCUT2D eigenvalue weighted by atomic mass is 10.0. The fourth-order valence-electron chi connectivity index (χ4n) is 3.70. The summed E-state index contributed by atoms with van der Waals surface area (Å²) in [6, 6.07) is 25.0. The van der Waals surface area contributed by atoms with Crippen LogP contribution in [0.15, 0.2) is 83.9 Å². The van der Waals surface area contributed by atoms with Gasteiger partial charge in [0.05, 0.1) is 25.5 Å². The van der Waals surface area contributed by atoms with E-state index < -0.39 is 0 Å². The van der Waals surface area contributed by atoms with Crippen LogP contribution in [0.1, 0.15) is 21.5 Å². The number of para-hydroxylation sites is 1. The third kappa shape index (κ3) is 4.06. The molecular formula is C25H24N2O3. The van der Waals surface area contributed by atoms with Gasteiger partial charge in [-0.3, -0.25) is 4.79 Å². The van der Waals surface area contributed by atoms with Crippen LogP contribution in [0.3, 0.4) is 0 Å². The Hall–Kier alpha value is -3.60. The summed E-state index contributed by atoms with van der Waals surface area (Å²) in [7, 11) is 3.25. The van der Waals surface area contributed by atoms with Gasteiger partial charge in [-0.15, -0.1) is 0 Å². The van der Waals surface area contributed by atoms with Gasteiger partial charge in [0.2, 0.25) is 5.90 Å². The second kappa shape index (κ2) is 8.82. The number of ether oxygens (including phenoxy) is 2. The van der Waals surface area contributed by atoms with Crippen LogP contribution in [0.25, 0.3) is 0 Å². The number of hydrogen-bond acceptors (Lipinski definition) is 4. The van der Waals surface area contributed by atoms with Crippen molar-refractivity contribution in [2.24, 2.45) is 4.99 Å². The molecule has 1 aliphatic rings. The minimum Gasteiger partial charge on any atom is -0.497 e. The molecule has 0 bridgehead atoms. The normalized spacial score (nSPS) is 15.8. The Morgan fingerprint density at radius 1 is 0.833 bits per heavy atom. The largest absolute Gasteiger partial charge is 0.497 e. The van der Waals surface area contributed by atoms with E-state index in [0.29, 0.717) is 30.1 Å². The predicted molar refractivity (Wildman–Crippen MR) is 117 cm³/mol. The number of rotatable bonds is 5. The molecule has 152 valence electrons. The summed E-state index contributed by atoms with van der Waals surface area (Å²) in [5.41, 5.74) is 3.34. The lowest BCUT2D eigenvalue weighted by molar-refractivity contribution is 0.0699. The third-order valence-electron chi connectivity index (χ3n) is 5.28. The zero-order chi connectivity index (χ0) is 20.9. The second-order valence-corrected chi connectivity index (χ2v) is 7.16. The molecular weight excluding hydrogens is 376 g/mol. The number of methoxy groups -OCH3 is 2. The molecule has 3 aromatic rings. The van der Waals surface area contributed by atoms with Crippen LogP contribution in [0, 0.1) is 0 Å². The number of fused-ring (bicyclic) bond motifs is 1. The fourth-order valence-corrected chi connectivity index (χ4v) is 3.70. The molecule has 1 unspecified atom stereocenters. The fraction of sp³-hybridized carbons (Fsp3) is 0.200. The summed E-state index contributed by atoms with van der Waals surface area (Å²) < 4.78 is 11.0. The zero-order valence-corrected chi connectivity index (χ0v) is 17.1. The molecule has 0 N–H and O–H groups in total. The van der Waals surface area contributed by atoms with Gasteiger partial charge in [-0.25, -0.2) is 4.99 Å². The minimum absolute atomic E-state index is 0.0573. The van der Waals surface area contributed by atoms with Crippen molar-refractivity contribution in [2.45, 2.75) is 19.0 Å². The molecule has 0 fully saturated rings. The lowest BCUT2D eigenvalue weighted by Crippen LogP contribution is -2.45. The van der Waals surface area contributed by atoms with Gasteiger partial charge in [-0.05, 0) is 35.4 Å². The molecule has 5 heteroatoms. The van der Waals surface area contributed by atoms with Gasteiger partial charge in [0.1, 0.15) is 11.8 Å². The van der Waals surface area contributed by atoms with Crippen LogP contribution in [-0.4, -0.2) is 37.0 Å². The first-order valence-corrected chi connectivity index (χ1v) is 9.89. The van der Waals surface area contributed by atoms with Crippen LogP contribution >= 0.6 is 0 Å². The molecule has 0 spiro atoms. The van der Waals surface area contributed by atoms with Crippen LogP contribution in [-0.2, 0) is 17.7 Å². The van der Waals surface area contributed by atoms with Crippen molar-refractivity contribution in [3.05, 3.63) is 95.6 Å². The number of carbonyl (C=O) groups is 1. The number of carbonyl (C=O) groups excluding carboxylic acids is 1. The molecule has 1 atom stereocenters. The molecule has 0 aliphatic carbocycles. The van der Waals surface area contributed by atoms with Crippen molar-refractivity contribution in [3.8, 4) is 5.75 Å². The van der Waals surface area contributed by atoms with Crippen molar-refractivity contribution < 1.29 is 14.3 Å². The van der Waals surface area contributed by atoms with E-state index in [-0.39, 0.29) is 11.9 Å². The maximum Gasteiger partial charge on any atom is 0.257 e. The van der Waals surface area contributed by atoms with E-state index in [0.717, 1.165) is 16.9 Å². The Labute approximate surface area is 176 Å². The summed E-state index contributed by atoms with van der Waals surface area (Å²) >= 11 is 0. The standard InChI is InChI=1S/C25H24N2O3/c1-29-20-14-12-19(13-15-20)17-27-23(16-18-8-4-3-5-9-18)24(30-2)26-22-11-7-6-10-21(22)25(27)28/h3-15,23H,16-17H2,1-2H3. The topological polar surface area (TPSA) is 51.1 Å². The first-order valence-electron chi connectivity index (χ1n) is 9.89. The van der Waals surface area contributed by atoms with Crippen LogP contribution in [0.2, 0.25) is 0 Å². The van der Waals surface area contributed by atoms with Gasteiger partial charge in [-0.2, -0.15) is 0 Å². The quantitative estimate of drug-likeness (QED) is 0.627. The minimum atomic E-state index is -0.320. The summed E-state index contributed by atoms with van der Waals surface area (Å²) in [6.07, 6.45) is 0.614. The Balaban J connectivity index is 1.76. The van der Waals surface area contributed by atoms with Crippen molar-refractivity contribution >= 4 is 17.5 Å². The monoisotopic (exact) mass is 400 g/mol. The van der Waals surface area contributed by atoms with Gasteiger partial charge in [0, 0.05) is 13.0 Å². The highest BCUT2D eigenvalue weighted by Gasteiger charge is 2.34. The lowest BCUT2D eigenvalue weighted by Gasteiger charge is -2.31. The molecule has 30 heavy (non-hydrogen) atoms. The third-order valence-corrected chi connectivity index (χ3v) is 5.28. The van der Waals surface area contributed by atoms with E-state index in [9.17, 15) is 4.79 Å². The molecule has 0 radical (unpaired) electrons. The van der Waals surface area contributed by atoms with Gasteiger partial charge in [-0.1, -0.05) is 54.6 Å². The van der Waals surface area contributed by atoms with Crippen molar-refractivity contribution in [1.82, 2.24) is 4.90 Å². The number of benzene rings is 3. The molecule has 4 rings (SSSR count). The van der Waals surface area contributed by atoms with Gasteiger partial charge >= 0.3 is 0 Å². The van der Waals surface area contributed by atoms with Crippen molar-refractivity contribution in [1.29, 1.82) is 0 Å². The highest BCUT2D eigenvalue weighted by molar-refractivity contribution is 6.04. The number of aliphatic imine (C=N–C) groups is 1. The highest BCUT2D eigenvalue weighted by Crippen LogP contribution is 2.29. The van der Waals surface area contributed by atoms with E-state index in [1.54, 1.807) is 14.2 Å². The maximum absolute atomic E-state index is 13.6. The molecule has 1 amide bonds. The Bertz CT molecular complexity index is 1050. The van der Waals surface area contributed by atoms with Gasteiger partial charge < -0.3 is 14.4 Å². The summed E-state index contributed by atoms with van der Waals surface area (Å²) in [6.45, 7) is 0.442. The van der Waals surface area contributed by atoms with Crippen LogP contribution in [0.5, 0.6) is 5.75 Å². The Kier molecular flexibility index (Phi) is 5.80. The van der Waals surface area contributed by atoms with E-state index in [1.807, 2.05) is 71.6 Å². The van der Waals surface area contributed by atoms with Crippen molar-refractivity contribution in [2.75, 3.05) is 14.2 Å². The Morgan fingerprint density at radius 3 is 2.23 bits per heavy atom. The second-order valence-electron chi connectivity index (χ2n) is 7.16. The smallest absolute Gasteiger partial charge is 0.257 e. The SMILES string of the molecule is COC1=Nc2ccccc2C(=O)N(Cc2ccc(OC)cc2)C1Cc1ccccc1. The van der Waals surface area contributed by atoms with E-state index in [2.05, 4.69) is 12.1 Å². The first kappa shape index (κ1) is 19.7. The van der Waals surface area contributed by atoms with E-state index >= 15 is 0 Å². The van der Waals surface area contributed by atoms with E-state index in [1.165, 1.54) is 0 Å².